The molecule has 5 aromatic rings. The summed E-state index contributed by atoms with van der Waals surface area (Å²) in [6.07, 6.45) is 7.16. The molecule has 10 heteroatoms. The molecule has 202 valence electrons. The number of nitrogens with zero attached hydrogens (tertiary/aromatic N) is 4. The van der Waals surface area contributed by atoms with Crippen LogP contribution in [0, 0.1) is 5.92 Å². The van der Waals surface area contributed by atoms with Gasteiger partial charge in [-0.15, -0.1) is 0 Å². The van der Waals surface area contributed by atoms with E-state index in [4.69, 9.17) is 9.72 Å². The highest BCUT2D eigenvalue weighted by atomic mass is 32.2. The molecular formula is C29H31N5O4S. The monoisotopic (exact) mass is 545 g/mol. The smallest absolute Gasteiger partial charge is 0.236 e. The highest BCUT2D eigenvalue weighted by molar-refractivity contribution is 7.92. The maximum Gasteiger partial charge on any atom is 0.236 e. The van der Waals surface area contributed by atoms with Gasteiger partial charge in [-0.25, -0.2) is 18.4 Å². The molecule has 3 aromatic heterocycles. The minimum atomic E-state index is -3.56. The van der Waals surface area contributed by atoms with Gasteiger partial charge in [0.1, 0.15) is 11.0 Å². The van der Waals surface area contributed by atoms with E-state index in [1.54, 1.807) is 13.1 Å². The standard InChI is InChI=1S/C29H31N5O4S/c1-3-39(36,37)32-24-15-21(23-17-33(2)28-22(23)9-12-30-29(28)35)16-25-26(24)31-18-34(25)27(19-7-5-4-6-8-19)20-10-13-38-14-11-20/h4-9,12,15-18,20,27,32H,3,10-11,13-14H2,1-2H3,(H,30,35). The minimum absolute atomic E-state index is 0.00624. The predicted octanol–water partition coefficient (Wildman–Crippen LogP) is 5.07. The third-order valence-corrected chi connectivity index (χ3v) is 8.95. The van der Waals surface area contributed by atoms with Gasteiger partial charge in [-0.1, -0.05) is 30.3 Å². The Morgan fingerprint density at radius 1 is 1.13 bits per heavy atom. The summed E-state index contributed by atoms with van der Waals surface area (Å²) in [4.78, 5) is 8.78. The first-order valence-corrected chi connectivity index (χ1v) is 14.8. The third kappa shape index (κ3) is 4.63. The average Bonchev–Trinajstić information content (AvgIpc) is 3.52. The first-order valence-electron chi connectivity index (χ1n) is 13.1. The molecule has 9 nitrogen and oxygen atoms in total. The molecule has 2 aromatic carbocycles. The van der Waals surface area contributed by atoms with Gasteiger partial charge in [-0.05, 0) is 55.0 Å². The number of fused-ring (bicyclic) bond motifs is 2. The number of hydrogen-bond acceptors (Lipinski definition) is 6. The van der Waals surface area contributed by atoms with Crippen molar-refractivity contribution >= 4 is 37.6 Å². The molecule has 1 aliphatic heterocycles. The molecule has 0 radical (unpaired) electrons. The molecule has 0 bridgehead atoms. The van der Waals surface area contributed by atoms with Gasteiger partial charge < -0.3 is 19.0 Å². The number of pyridine rings is 1. The van der Waals surface area contributed by atoms with Crippen LogP contribution in [-0.2, 0) is 21.8 Å². The Morgan fingerprint density at radius 3 is 2.64 bits per heavy atom. The van der Waals surface area contributed by atoms with Crippen LogP contribution in [0.5, 0.6) is 5.88 Å². The van der Waals surface area contributed by atoms with Crippen molar-refractivity contribution in [1.82, 2.24) is 19.1 Å². The molecule has 0 spiro atoms. The molecule has 1 saturated heterocycles. The van der Waals surface area contributed by atoms with Gasteiger partial charge in [0.25, 0.3) is 0 Å². The summed E-state index contributed by atoms with van der Waals surface area (Å²) in [5, 5.41) is 11.3. The SMILES string of the molecule is CCS(=O)(=O)Nc1cc(-c2cn(C)c3c(O)nccc23)cc2c1ncn2C(c1ccccc1)C1CCOCC1. The Morgan fingerprint density at radius 2 is 1.90 bits per heavy atom. The zero-order valence-electron chi connectivity index (χ0n) is 21.9. The van der Waals surface area contributed by atoms with Crippen LogP contribution in [0.15, 0.2) is 67.3 Å². The number of sulfonamides is 1. The van der Waals surface area contributed by atoms with Crippen LogP contribution in [-0.4, -0.2) is 51.6 Å². The molecule has 4 heterocycles. The Kier molecular flexibility index (Phi) is 6.52. The van der Waals surface area contributed by atoms with E-state index < -0.39 is 10.0 Å². The molecule has 1 aliphatic rings. The number of nitrogens with one attached hydrogen (secondary N) is 1. The summed E-state index contributed by atoms with van der Waals surface area (Å²) in [7, 11) is -1.71. The molecule has 39 heavy (non-hydrogen) atoms. The minimum Gasteiger partial charge on any atom is -0.492 e. The number of imidazole rings is 1. The molecule has 1 atom stereocenters. The summed E-state index contributed by atoms with van der Waals surface area (Å²) in [6, 6.07) is 16.1. The lowest BCUT2D eigenvalue weighted by atomic mass is 9.86. The summed E-state index contributed by atoms with van der Waals surface area (Å²) < 4.78 is 37.9. The number of ether oxygens (including phenoxy) is 1. The topological polar surface area (TPSA) is 111 Å². The van der Waals surface area contributed by atoms with Gasteiger partial charge in [0.15, 0.2) is 0 Å². The first kappa shape index (κ1) is 25.4. The second-order valence-corrected chi connectivity index (χ2v) is 12.0. The number of benzene rings is 2. The fraction of sp³-hybridized carbons (Fsp3) is 0.310. The van der Waals surface area contributed by atoms with E-state index in [0.29, 0.717) is 35.9 Å². The van der Waals surface area contributed by atoms with E-state index in [0.717, 1.165) is 34.9 Å². The number of rotatable bonds is 7. The Labute approximate surface area is 227 Å². The normalized spacial score (nSPS) is 15.6. The molecule has 0 aliphatic carbocycles. The van der Waals surface area contributed by atoms with Crippen LogP contribution in [0.1, 0.15) is 31.4 Å². The van der Waals surface area contributed by atoms with Crippen molar-refractivity contribution in [2.24, 2.45) is 13.0 Å². The van der Waals surface area contributed by atoms with Crippen LogP contribution < -0.4 is 4.72 Å². The van der Waals surface area contributed by atoms with E-state index in [-0.39, 0.29) is 17.7 Å². The molecule has 6 rings (SSSR count). The molecule has 1 unspecified atom stereocenters. The van der Waals surface area contributed by atoms with Crippen molar-refractivity contribution in [3.05, 3.63) is 72.8 Å². The van der Waals surface area contributed by atoms with E-state index in [1.807, 2.05) is 54.5 Å². The Hall–Kier alpha value is -3.89. The highest BCUT2D eigenvalue weighted by Crippen LogP contribution is 2.40. The summed E-state index contributed by atoms with van der Waals surface area (Å²) in [5.41, 5.74) is 5.31. The van der Waals surface area contributed by atoms with Gasteiger partial charge in [-0.3, -0.25) is 4.72 Å². The van der Waals surface area contributed by atoms with Crippen LogP contribution in [0.3, 0.4) is 0 Å². The maximum atomic E-state index is 12.7. The van der Waals surface area contributed by atoms with Crippen LogP contribution in [0.25, 0.3) is 33.1 Å². The average molecular weight is 546 g/mol. The third-order valence-electron chi connectivity index (χ3n) is 7.66. The second kappa shape index (κ2) is 10.0. The van der Waals surface area contributed by atoms with E-state index in [1.165, 1.54) is 5.56 Å². The van der Waals surface area contributed by atoms with Gasteiger partial charge in [0.2, 0.25) is 15.9 Å². The van der Waals surface area contributed by atoms with Crippen LogP contribution in [0.2, 0.25) is 0 Å². The zero-order chi connectivity index (χ0) is 27.1. The quantitative estimate of drug-likeness (QED) is 0.295. The van der Waals surface area contributed by atoms with Crippen molar-refractivity contribution < 1.29 is 18.3 Å². The Bertz CT molecular complexity index is 1760. The summed E-state index contributed by atoms with van der Waals surface area (Å²) in [5.74, 6) is 0.226. The van der Waals surface area contributed by atoms with Crippen molar-refractivity contribution in [1.29, 1.82) is 0 Å². The molecule has 0 saturated carbocycles. The number of aryl methyl sites for hydroxylation is 1. The fourth-order valence-electron chi connectivity index (χ4n) is 5.74. The predicted molar refractivity (Wildman–Crippen MR) is 152 cm³/mol. The van der Waals surface area contributed by atoms with Crippen LogP contribution in [0.4, 0.5) is 5.69 Å². The second-order valence-electron chi connectivity index (χ2n) is 10.0. The first-order chi connectivity index (χ1) is 18.9. The van der Waals surface area contributed by atoms with Crippen molar-refractivity contribution in [2.45, 2.75) is 25.8 Å². The maximum absolute atomic E-state index is 12.7. The van der Waals surface area contributed by atoms with Crippen molar-refractivity contribution in [2.75, 3.05) is 23.7 Å². The molecule has 2 N–H and O–H groups in total. The molecular weight excluding hydrogens is 514 g/mol. The Balaban J connectivity index is 1.61. The van der Waals surface area contributed by atoms with Crippen LogP contribution >= 0.6 is 0 Å². The summed E-state index contributed by atoms with van der Waals surface area (Å²) >= 11 is 0. The number of aromatic nitrogens is 4. The molecule has 1 fully saturated rings. The van der Waals surface area contributed by atoms with Crippen molar-refractivity contribution in [3.63, 3.8) is 0 Å². The lowest BCUT2D eigenvalue weighted by Gasteiger charge is -2.32. The van der Waals surface area contributed by atoms with Gasteiger partial charge in [0.05, 0.1) is 29.3 Å². The fourth-order valence-corrected chi connectivity index (χ4v) is 6.37. The number of hydrogen-bond donors (Lipinski definition) is 2. The van der Waals surface area contributed by atoms with E-state index in [9.17, 15) is 13.5 Å². The lowest BCUT2D eigenvalue weighted by Crippen LogP contribution is -2.26. The lowest BCUT2D eigenvalue weighted by molar-refractivity contribution is 0.0547. The highest BCUT2D eigenvalue weighted by Gasteiger charge is 2.29. The van der Waals surface area contributed by atoms with Gasteiger partial charge >= 0.3 is 0 Å². The van der Waals surface area contributed by atoms with E-state index >= 15 is 0 Å². The number of anilines is 1. The summed E-state index contributed by atoms with van der Waals surface area (Å²) in [6.45, 7) is 3.03. The zero-order valence-corrected chi connectivity index (χ0v) is 22.7. The van der Waals surface area contributed by atoms with Gasteiger partial charge in [-0.2, -0.15) is 0 Å². The van der Waals surface area contributed by atoms with E-state index in [2.05, 4.69) is 32.5 Å². The van der Waals surface area contributed by atoms with Gasteiger partial charge in [0, 0.05) is 43.6 Å². The van der Waals surface area contributed by atoms with Crippen molar-refractivity contribution in [3.8, 4) is 17.0 Å². The number of aromatic hydroxyl groups is 1. The largest absolute Gasteiger partial charge is 0.492 e. The molecule has 0 amide bonds.